The molecule has 0 aliphatic carbocycles. The molecule has 2 fully saturated rings. The average Bonchev–Trinajstić information content (AvgIpc) is 3.35. The molecule has 4 rings (SSSR count). The van der Waals surface area contributed by atoms with E-state index >= 15 is 0 Å². The van der Waals surface area contributed by atoms with E-state index in [1.54, 1.807) is 11.1 Å². The highest BCUT2D eigenvalue weighted by Gasteiger charge is 2.25. The van der Waals surface area contributed by atoms with Gasteiger partial charge in [-0.05, 0) is 39.7 Å². The highest BCUT2D eigenvalue weighted by atomic mass is 16.5. The van der Waals surface area contributed by atoms with E-state index < -0.39 is 0 Å². The molecule has 0 radical (unpaired) electrons. The van der Waals surface area contributed by atoms with Crippen molar-refractivity contribution < 1.29 is 9.53 Å². The zero-order chi connectivity index (χ0) is 20.2. The smallest absolute Gasteiger partial charge is 0.276 e. The molecule has 2 aromatic heterocycles. The molecule has 9 heteroatoms. The standard InChI is InChI=1S/C20H31N7O2/c1-15-18(16(2)22-21-15)13-26-7-4-3-5-17(26)6-8-27-14-19(23-24-27)20(28)25-9-11-29-12-10-25/h14,17H,3-13H2,1-2H3,(H,21,22). The van der Waals surface area contributed by atoms with Crippen LogP contribution in [0.3, 0.4) is 0 Å². The van der Waals surface area contributed by atoms with Gasteiger partial charge in [0.15, 0.2) is 5.69 Å². The van der Waals surface area contributed by atoms with Gasteiger partial charge in [0.25, 0.3) is 5.91 Å². The second-order valence-electron chi connectivity index (χ2n) is 8.09. The fraction of sp³-hybridized carbons (Fsp3) is 0.700. The van der Waals surface area contributed by atoms with Crippen LogP contribution in [0.2, 0.25) is 0 Å². The van der Waals surface area contributed by atoms with Gasteiger partial charge in [-0.2, -0.15) is 5.10 Å². The van der Waals surface area contributed by atoms with Crippen molar-refractivity contribution in [1.82, 2.24) is 35.0 Å². The molecule has 1 N–H and O–H groups in total. The maximum absolute atomic E-state index is 12.5. The Bertz CT molecular complexity index is 805. The second kappa shape index (κ2) is 9.04. The Morgan fingerprint density at radius 2 is 2.07 bits per heavy atom. The third-order valence-corrected chi connectivity index (χ3v) is 6.14. The van der Waals surface area contributed by atoms with Crippen molar-refractivity contribution in [2.24, 2.45) is 0 Å². The topological polar surface area (TPSA) is 92.2 Å². The monoisotopic (exact) mass is 401 g/mol. The Morgan fingerprint density at radius 3 is 2.83 bits per heavy atom. The van der Waals surface area contributed by atoms with Crippen LogP contribution in [0, 0.1) is 13.8 Å². The van der Waals surface area contributed by atoms with Gasteiger partial charge in [0.1, 0.15) is 0 Å². The summed E-state index contributed by atoms with van der Waals surface area (Å²) in [5.74, 6) is -0.0512. The molecule has 2 aliphatic heterocycles. The number of hydrogen-bond acceptors (Lipinski definition) is 6. The SMILES string of the molecule is Cc1n[nH]c(C)c1CN1CCCCC1CCn1cc(C(=O)N2CCOCC2)nn1. The normalized spacial score (nSPS) is 20.9. The molecular formula is C20H31N7O2. The summed E-state index contributed by atoms with van der Waals surface area (Å²) in [6.45, 7) is 9.42. The molecule has 1 amide bonds. The van der Waals surface area contributed by atoms with Gasteiger partial charge < -0.3 is 9.64 Å². The predicted molar refractivity (Wildman–Crippen MR) is 107 cm³/mol. The molecule has 2 aliphatic rings. The number of aromatic amines is 1. The van der Waals surface area contributed by atoms with Crippen LogP contribution in [0.1, 0.15) is 53.1 Å². The second-order valence-corrected chi connectivity index (χ2v) is 8.09. The maximum atomic E-state index is 12.5. The first kappa shape index (κ1) is 20.0. The summed E-state index contributed by atoms with van der Waals surface area (Å²) < 4.78 is 7.13. The molecular weight excluding hydrogens is 370 g/mol. The van der Waals surface area contributed by atoms with E-state index in [1.165, 1.54) is 24.8 Å². The maximum Gasteiger partial charge on any atom is 0.276 e. The lowest BCUT2D eigenvalue weighted by atomic mass is 9.98. The number of amides is 1. The molecule has 1 unspecified atom stereocenters. The number of nitrogens with one attached hydrogen (secondary N) is 1. The van der Waals surface area contributed by atoms with Gasteiger partial charge in [0, 0.05) is 43.5 Å². The molecule has 158 valence electrons. The number of carbonyl (C=O) groups excluding carboxylic acids is 1. The van der Waals surface area contributed by atoms with Gasteiger partial charge in [-0.15, -0.1) is 5.10 Å². The van der Waals surface area contributed by atoms with Crippen molar-refractivity contribution in [3.8, 4) is 0 Å². The first-order valence-electron chi connectivity index (χ1n) is 10.6. The number of morpholine rings is 1. The fourth-order valence-electron chi connectivity index (χ4n) is 4.32. The van der Waals surface area contributed by atoms with Gasteiger partial charge in [0.05, 0.1) is 25.1 Å². The fourth-order valence-corrected chi connectivity index (χ4v) is 4.32. The molecule has 4 heterocycles. The number of rotatable bonds is 6. The van der Waals surface area contributed by atoms with Crippen LogP contribution in [0.4, 0.5) is 0 Å². The van der Waals surface area contributed by atoms with Gasteiger partial charge >= 0.3 is 0 Å². The Balaban J connectivity index is 1.35. The van der Waals surface area contributed by atoms with Crippen molar-refractivity contribution in [2.75, 3.05) is 32.8 Å². The van der Waals surface area contributed by atoms with Gasteiger partial charge in [-0.25, -0.2) is 0 Å². The van der Waals surface area contributed by atoms with Crippen LogP contribution in [-0.2, 0) is 17.8 Å². The molecule has 9 nitrogen and oxygen atoms in total. The Kier molecular flexibility index (Phi) is 6.25. The predicted octanol–water partition coefficient (Wildman–Crippen LogP) is 1.54. The van der Waals surface area contributed by atoms with Crippen LogP contribution in [0.25, 0.3) is 0 Å². The Labute approximate surface area is 171 Å². The van der Waals surface area contributed by atoms with E-state index in [1.807, 2.05) is 4.68 Å². The lowest BCUT2D eigenvalue weighted by molar-refractivity contribution is 0.0299. The Hall–Kier alpha value is -2.26. The molecule has 0 spiro atoms. The average molecular weight is 402 g/mol. The third kappa shape index (κ3) is 4.67. The number of aryl methyl sites for hydroxylation is 3. The third-order valence-electron chi connectivity index (χ3n) is 6.14. The highest BCUT2D eigenvalue weighted by molar-refractivity contribution is 5.91. The first-order valence-corrected chi connectivity index (χ1v) is 10.6. The summed E-state index contributed by atoms with van der Waals surface area (Å²) in [4.78, 5) is 16.9. The number of aromatic nitrogens is 5. The number of ether oxygens (including phenoxy) is 1. The first-order chi connectivity index (χ1) is 14.1. The van der Waals surface area contributed by atoms with Crippen molar-refractivity contribution >= 4 is 5.91 Å². The lowest BCUT2D eigenvalue weighted by Gasteiger charge is -2.35. The van der Waals surface area contributed by atoms with Crippen molar-refractivity contribution in [2.45, 2.75) is 58.7 Å². The molecule has 0 saturated carbocycles. The number of H-pyrrole nitrogens is 1. The quantitative estimate of drug-likeness (QED) is 0.789. The van der Waals surface area contributed by atoms with Crippen LogP contribution >= 0.6 is 0 Å². The zero-order valence-corrected chi connectivity index (χ0v) is 17.4. The number of nitrogens with zero attached hydrogens (tertiary/aromatic N) is 6. The number of carbonyl (C=O) groups is 1. The minimum absolute atomic E-state index is 0.0512. The van der Waals surface area contributed by atoms with E-state index in [4.69, 9.17) is 4.74 Å². The number of likely N-dealkylation sites (tertiary alicyclic amines) is 1. The van der Waals surface area contributed by atoms with Crippen molar-refractivity contribution in [1.29, 1.82) is 0 Å². The molecule has 2 aromatic rings. The summed E-state index contributed by atoms with van der Waals surface area (Å²) in [5.41, 5.74) is 4.00. The largest absolute Gasteiger partial charge is 0.378 e. The van der Waals surface area contributed by atoms with Crippen LogP contribution in [-0.4, -0.2) is 79.8 Å². The Morgan fingerprint density at radius 1 is 1.24 bits per heavy atom. The molecule has 2 saturated heterocycles. The summed E-state index contributed by atoms with van der Waals surface area (Å²) in [7, 11) is 0. The summed E-state index contributed by atoms with van der Waals surface area (Å²) >= 11 is 0. The summed E-state index contributed by atoms with van der Waals surface area (Å²) in [5, 5.41) is 15.7. The number of hydrogen-bond donors (Lipinski definition) is 1. The summed E-state index contributed by atoms with van der Waals surface area (Å²) in [6.07, 6.45) is 6.50. The highest BCUT2D eigenvalue weighted by Crippen LogP contribution is 2.24. The summed E-state index contributed by atoms with van der Waals surface area (Å²) in [6, 6.07) is 0.514. The van der Waals surface area contributed by atoms with Crippen molar-refractivity contribution in [3.05, 3.63) is 28.8 Å². The zero-order valence-electron chi connectivity index (χ0n) is 17.4. The van der Waals surface area contributed by atoms with Crippen LogP contribution in [0.15, 0.2) is 6.20 Å². The van der Waals surface area contributed by atoms with Crippen LogP contribution < -0.4 is 0 Å². The molecule has 29 heavy (non-hydrogen) atoms. The van der Waals surface area contributed by atoms with E-state index in [0.29, 0.717) is 38.0 Å². The van der Waals surface area contributed by atoms with Gasteiger partial charge in [0.2, 0.25) is 0 Å². The van der Waals surface area contributed by atoms with Crippen LogP contribution in [0.5, 0.6) is 0 Å². The van der Waals surface area contributed by atoms with E-state index in [0.717, 1.165) is 37.4 Å². The van der Waals surface area contributed by atoms with Crippen molar-refractivity contribution in [3.63, 3.8) is 0 Å². The van der Waals surface area contributed by atoms with E-state index in [9.17, 15) is 4.79 Å². The van der Waals surface area contributed by atoms with E-state index in [2.05, 4.69) is 39.3 Å². The van der Waals surface area contributed by atoms with Gasteiger partial charge in [-0.3, -0.25) is 19.5 Å². The lowest BCUT2D eigenvalue weighted by Crippen LogP contribution is -2.40. The molecule has 1 atom stereocenters. The minimum atomic E-state index is -0.0512. The van der Waals surface area contributed by atoms with E-state index in [-0.39, 0.29) is 5.91 Å². The number of piperidine rings is 1. The molecule has 0 aromatic carbocycles. The van der Waals surface area contributed by atoms with Gasteiger partial charge in [-0.1, -0.05) is 11.6 Å². The molecule has 0 bridgehead atoms. The minimum Gasteiger partial charge on any atom is -0.378 e.